The fourth-order valence-corrected chi connectivity index (χ4v) is 1.11. The first-order valence-corrected chi connectivity index (χ1v) is 3.87. The van der Waals surface area contributed by atoms with E-state index in [2.05, 4.69) is 0 Å². The summed E-state index contributed by atoms with van der Waals surface area (Å²) in [5.41, 5.74) is 12.9. The first-order chi connectivity index (χ1) is 6.02. The number of carbonyl (C=O) groups is 1. The predicted molar refractivity (Wildman–Crippen MR) is 50.2 cm³/mol. The number of hydrogen-bond donors (Lipinski definition) is 3. The average Bonchev–Trinajstić information content (AvgIpc) is 2.03. The van der Waals surface area contributed by atoms with Crippen LogP contribution in [0, 0.1) is 6.92 Å². The summed E-state index contributed by atoms with van der Waals surface area (Å²) in [5.74, 6) is -1.07. The zero-order valence-corrected chi connectivity index (χ0v) is 7.32. The van der Waals surface area contributed by atoms with Crippen LogP contribution in [0.15, 0.2) is 18.2 Å². The van der Waals surface area contributed by atoms with Crippen molar-refractivity contribution in [2.45, 2.75) is 13.0 Å². The van der Waals surface area contributed by atoms with Crippen molar-refractivity contribution in [2.24, 2.45) is 5.73 Å². The van der Waals surface area contributed by atoms with Crippen LogP contribution < -0.4 is 11.5 Å². The van der Waals surface area contributed by atoms with Crippen LogP contribution >= 0.6 is 0 Å². The molecule has 1 atom stereocenters. The van der Waals surface area contributed by atoms with Gasteiger partial charge in [-0.3, -0.25) is 4.79 Å². The number of benzene rings is 1. The second-order valence-electron chi connectivity index (χ2n) is 2.95. The fraction of sp³-hybridized carbons (Fsp3) is 0.222. The van der Waals surface area contributed by atoms with E-state index in [0.29, 0.717) is 11.3 Å². The number of carboxylic acids is 1. The van der Waals surface area contributed by atoms with Crippen molar-refractivity contribution in [3.05, 3.63) is 29.3 Å². The van der Waals surface area contributed by atoms with Crippen molar-refractivity contribution in [3.63, 3.8) is 0 Å². The highest BCUT2D eigenvalue weighted by Gasteiger charge is 2.16. The molecule has 1 aromatic rings. The van der Waals surface area contributed by atoms with Crippen LogP contribution in [-0.2, 0) is 4.79 Å². The van der Waals surface area contributed by atoms with E-state index in [9.17, 15) is 4.79 Å². The molecule has 70 valence electrons. The summed E-state index contributed by atoms with van der Waals surface area (Å²) in [6.45, 7) is 1.88. The molecule has 0 aromatic heterocycles. The molecule has 1 aromatic carbocycles. The highest BCUT2D eigenvalue weighted by Crippen LogP contribution is 2.19. The van der Waals surface area contributed by atoms with Gasteiger partial charge in [0.2, 0.25) is 0 Å². The summed E-state index contributed by atoms with van der Waals surface area (Å²) in [6, 6.07) is 4.09. The van der Waals surface area contributed by atoms with Crippen LogP contribution in [0.25, 0.3) is 0 Å². The number of carboxylic acid groups (broad SMARTS) is 1. The molecule has 0 heterocycles. The molecule has 0 unspecified atom stereocenters. The molecule has 4 nitrogen and oxygen atoms in total. The summed E-state index contributed by atoms with van der Waals surface area (Å²) >= 11 is 0. The second-order valence-corrected chi connectivity index (χ2v) is 2.95. The van der Waals surface area contributed by atoms with Crippen molar-refractivity contribution in [3.8, 4) is 0 Å². The Morgan fingerprint density at radius 2 is 2.15 bits per heavy atom. The number of nitrogen functional groups attached to an aromatic ring is 1. The number of aliphatic carboxylic acids is 1. The molecule has 0 aliphatic carbocycles. The van der Waals surface area contributed by atoms with Crippen molar-refractivity contribution < 1.29 is 9.90 Å². The maximum atomic E-state index is 10.6. The molecule has 0 bridgehead atoms. The highest BCUT2D eigenvalue weighted by atomic mass is 16.4. The topological polar surface area (TPSA) is 89.3 Å². The molecule has 0 spiro atoms. The predicted octanol–water partition coefficient (Wildman–Crippen LogP) is 0.662. The molecule has 0 aliphatic heterocycles. The van der Waals surface area contributed by atoms with E-state index in [4.69, 9.17) is 16.6 Å². The molecule has 0 amide bonds. The minimum atomic E-state index is -1.07. The van der Waals surface area contributed by atoms with Crippen LogP contribution in [-0.4, -0.2) is 11.1 Å². The second kappa shape index (κ2) is 3.45. The molecule has 0 aliphatic rings. The lowest BCUT2D eigenvalue weighted by Crippen LogP contribution is -2.21. The molecule has 0 radical (unpaired) electrons. The number of hydrogen-bond acceptors (Lipinski definition) is 3. The van der Waals surface area contributed by atoms with Crippen molar-refractivity contribution in [1.82, 2.24) is 0 Å². The Bertz CT molecular complexity index is 336. The van der Waals surface area contributed by atoms with E-state index < -0.39 is 12.0 Å². The third-order valence-corrected chi connectivity index (χ3v) is 1.84. The van der Waals surface area contributed by atoms with E-state index in [1.165, 1.54) is 0 Å². The molecular weight excluding hydrogens is 168 g/mol. The average molecular weight is 180 g/mol. The lowest BCUT2D eigenvalue weighted by Gasteiger charge is -2.10. The Hall–Kier alpha value is -1.55. The first-order valence-electron chi connectivity index (χ1n) is 3.87. The van der Waals surface area contributed by atoms with Crippen LogP contribution in [0.1, 0.15) is 17.2 Å². The van der Waals surface area contributed by atoms with Gasteiger partial charge in [-0.2, -0.15) is 0 Å². The summed E-state index contributed by atoms with van der Waals surface area (Å²) in [6.07, 6.45) is 0. The van der Waals surface area contributed by atoms with Crippen LogP contribution in [0.2, 0.25) is 0 Å². The zero-order valence-electron chi connectivity index (χ0n) is 7.32. The molecule has 0 saturated heterocycles. The Balaban J connectivity index is 3.08. The van der Waals surface area contributed by atoms with Gasteiger partial charge in [0.1, 0.15) is 6.04 Å². The Morgan fingerprint density at radius 3 is 2.62 bits per heavy atom. The lowest BCUT2D eigenvalue weighted by molar-refractivity contribution is -0.138. The van der Waals surface area contributed by atoms with Crippen molar-refractivity contribution >= 4 is 11.7 Å². The maximum absolute atomic E-state index is 10.6. The van der Waals surface area contributed by atoms with Gasteiger partial charge in [-0.15, -0.1) is 0 Å². The Morgan fingerprint density at radius 1 is 1.54 bits per heavy atom. The van der Waals surface area contributed by atoms with Crippen LogP contribution in [0.3, 0.4) is 0 Å². The van der Waals surface area contributed by atoms with E-state index >= 15 is 0 Å². The largest absolute Gasteiger partial charge is 0.480 e. The molecule has 1 rings (SSSR count). The third kappa shape index (κ3) is 1.97. The van der Waals surface area contributed by atoms with Gasteiger partial charge in [-0.25, -0.2) is 0 Å². The molecule has 0 fully saturated rings. The first kappa shape index (κ1) is 9.54. The lowest BCUT2D eigenvalue weighted by atomic mass is 10.0. The summed E-state index contributed by atoms with van der Waals surface area (Å²) in [7, 11) is 0. The minimum absolute atomic E-state index is 0.426. The highest BCUT2D eigenvalue weighted by molar-refractivity contribution is 5.77. The van der Waals surface area contributed by atoms with Gasteiger partial charge in [0.15, 0.2) is 0 Å². The number of aryl methyl sites for hydroxylation is 1. The molecular formula is C9H12N2O2. The van der Waals surface area contributed by atoms with Gasteiger partial charge in [-0.05, 0) is 18.6 Å². The van der Waals surface area contributed by atoms with Crippen LogP contribution in [0.5, 0.6) is 0 Å². The molecule has 13 heavy (non-hydrogen) atoms. The fourth-order valence-electron chi connectivity index (χ4n) is 1.11. The third-order valence-electron chi connectivity index (χ3n) is 1.84. The maximum Gasteiger partial charge on any atom is 0.325 e. The molecule has 4 heteroatoms. The van der Waals surface area contributed by atoms with Crippen molar-refractivity contribution in [1.29, 1.82) is 0 Å². The Kier molecular flexibility index (Phi) is 2.53. The Labute approximate surface area is 76.2 Å². The number of nitrogens with two attached hydrogens (primary N) is 2. The zero-order chi connectivity index (χ0) is 10.0. The van der Waals surface area contributed by atoms with E-state index in [-0.39, 0.29) is 0 Å². The van der Waals surface area contributed by atoms with Gasteiger partial charge < -0.3 is 16.6 Å². The van der Waals surface area contributed by atoms with E-state index in [1.54, 1.807) is 18.2 Å². The van der Waals surface area contributed by atoms with Gasteiger partial charge in [0, 0.05) is 11.3 Å². The summed E-state index contributed by atoms with van der Waals surface area (Å²) in [4.78, 5) is 10.6. The molecule has 0 saturated carbocycles. The SMILES string of the molecule is Cc1ccc([C@H](N)C(=O)O)c(N)c1. The van der Waals surface area contributed by atoms with Gasteiger partial charge in [0.25, 0.3) is 0 Å². The smallest absolute Gasteiger partial charge is 0.325 e. The molecule has 5 N–H and O–H groups in total. The standard InChI is InChI=1S/C9H12N2O2/c1-5-2-3-6(7(10)4-5)8(11)9(12)13/h2-4,8H,10-11H2,1H3,(H,12,13)/t8-/m0/s1. The van der Waals surface area contributed by atoms with Gasteiger partial charge >= 0.3 is 5.97 Å². The van der Waals surface area contributed by atoms with E-state index in [0.717, 1.165) is 5.56 Å². The summed E-state index contributed by atoms with van der Waals surface area (Å²) in [5, 5.41) is 8.65. The monoisotopic (exact) mass is 180 g/mol. The normalized spacial score (nSPS) is 12.5. The van der Waals surface area contributed by atoms with E-state index in [1.807, 2.05) is 6.92 Å². The van der Waals surface area contributed by atoms with Gasteiger partial charge in [-0.1, -0.05) is 12.1 Å². The van der Waals surface area contributed by atoms with Gasteiger partial charge in [0.05, 0.1) is 0 Å². The van der Waals surface area contributed by atoms with Crippen LogP contribution in [0.4, 0.5) is 5.69 Å². The number of anilines is 1. The summed E-state index contributed by atoms with van der Waals surface area (Å²) < 4.78 is 0. The quantitative estimate of drug-likeness (QED) is 0.583. The number of rotatable bonds is 2. The minimum Gasteiger partial charge on any atom is -0.480 e. The van der Waals surface area contributed by atoms with Crippen molar-refractivity contribution in [2.75, 3.05) is 5.73 Å².